The van der Waals surface area contributed by atoms with Crippen LogP contribution in [-0.4, -0.2) is 51.9 Å². The van der Waals surface area contributed by atoms with Crippen molar-refractivity contribution in [1.29, 1.82) is 0 Å². The van der Waals surface area contributed by atoms with E-state index in [9.17, 15) is 4.79 Å². The Kier molecular flexibility index (Phi) is 5.40. The maximum absolute atomic E-state index is 12.6. The lowest BCUT2D eigenvalue weighted by Crippen LogP contribution is -2.49. The molecule has 1 aromatic carbocycles. The molecule has 1 aliphatic rings. The first-order valence-electron chi connectivity index (χ1n) is 8.99. The van der Waals surface area contributed by atoms with Gasteiger partial charge >= 0.3 is 0 Å². The molecule has 144 valence electrons. The van der Waals surface area contributed by atoms with Gasteiger partial charge in [0.2, 0.25) is 5.91 Å². The van der Waals surface area contributed by atoms with Crippen LogP contribution < -0.4 is 5.73 Å². The summed E-state index contributed by atoms with van der Waals surface area (Å²) in [6.45, 7) is 3.23. The third kappa shape index (κ3) is 4.23. The fraction of sp³-hybridized carbons (Fsp3) is 0.250. The normalized spacial score (nSPS) is 15.8. The van der Waals surface area contributed by atoms with Gasteiger partial charge in [-0.25, -0.2) is 9.97 Å². The number of hydrogen-bond donors (Lipinski definition) is 1. The zero-order valence-electron chi connectivity index (χ0n) is 15.2. The molecular weight excluding hydrogens is 422 g/mol. The fourth-order valence-corrected chi connectivity index (χ4v) is 3.58. The average molecular weight is 442 g/mol. The number of hydrogen-bond acceptors (Lipinski definition) is 6. The monoisotopic (exact) mass is 441 g/mol. The Hall–Kier alpha value is -2.71. The summed E-state index contributed by atoms with van der Waals surface area (Å²) in [5, 5.41) is 0.831. The van der Waals surface area contributed by atoms with E-state index in [2.05, 4.69) is 30.8 Å². The molecule has 2 N–H and O–H groups in total. The number of nitrogen functional groups attached to an aromatic ring is 1. The van der Waals surface area contributed by atoms with Crippen LogP contribution in [0.3, 0.4) is 0 Å². The molecule has 0 atom stereocenters. The van der Waals surface area contributed by atoms with Crippen LogP contribution in [0.1, 0.15) is 11.3 Å². The van der Waals surface area contributed by atoms with Crippen LogP contribution >= 0.6 is 15.9 Å². The number of nitrogens with zero attached hydrogens (tertiary/aromatic N) is 4. The highest BCUT2D eigenvalue weighted by molar-refractivity contribution is 9.10. The molecule has 1 amide bonds. The number of fused-ring (bicyclic) bond motifs is 1. The van der Waals surface area contributed by atoms with Crippen molar-refractivity contribution < 1.29 is 9.21 Å². The van der Waals surface area contributed by atoms with E-state index < -0.39 is 0 Å². The van der Waals surface area contributed by atoms with E-state index in [4.69, 9.17) is 10.2 Å². The van der Waals surface area contributed by atoms with E-state index in [1.807, 2.05) is 47.4 Å². The number of carbonyl (C=O) groups is 1. The Balaban J connectivity index is 1.34. The van der Waals surface area contributed by atoms with Gasteiger partial charge in [0, 0.05) is 31.6 Å². The van der Waals surface area contributed by atoms with Crippen LogP contribution in [-0.2, 0) is 11.3 Å². The fourth-order valence-electron chi connectivity index (χ4n) is 3.26. The molecule has 28 heavy (non-hydrogen) atoms. The van der Waals surface area contributed by atoms with Gasteiger partial charge in [0.25, 0.3) is 0 Å². The van der Waals surface area contributed by atoms with E-state index in [0.29, 0.717) is 36.7 Å². The number of furan rings is 1. The van der Waals surface area contributed by atoms with Crippen molar-refractivity contribution in [1.82, 2.24) is 19.8 Å². The molecule has 0 radical (unpaired) electrons. The quantitative estimate of drug-likeness (QED) is 0.654. The molecule has 7 nitrogen and oxygen atoms in total. The lowest BCUT2D eigenvalue weighted by atomic mass is 10.1. The lowest BCUT2D eigenvalue weighted by molar-refractivity contribution is -0.136. The van der Waals surface area contributed by atoms with Gasteiger partial charge in [-0.2, -0.15) is 0 Å². The van der Waals surface area contributed by atoms with Gasteiger partial charge in [0.15, 0.2) is 4.67 Å². The molecule has 3 aromatic rings. The van der Waals surface area contributed by atoms with Crippen LogP contribution in [0.4, 0.5) is 5.82 Å². The lowest BCUT2D eigenvalue weighted by Gasteiger charge is -2.33. The van der Waals surface area contributed by atoms with E-state index in [-0.39, 0.29) is 5.91 Å². The van der Waals surface area contributed by atoms with Crippen molar-refractivity contribution in [2.24, 2.45) is 0 Å². The van der Waals surface area contributed by atoms with Gasteiger partial charge in [-0.15, -0.1) is 0 Å². The number of piperazine rings is 1. The molecule has 0 unspecified atom stereocenters. The van der Waals surface area contributed by atoms with Gasteiger partial charge in [-0.05, 0) is 51.8 Å². The van der Waals surface area contributed by atoms with Gasteiger partial charge in [-0.3, -0.25) is 9.69 Å². The molecule has 2 aromatic heterocycles. The molecule has 3 heterocycles. The second-order valence-corrected chi connectivity index (χ2v) is 7.49. The minimum atomic E-state index is 0.127. The van der Waals surface area contributed by atoms with Crippen molar-refractivity contribution in [2.45, 2.75) is 6.54 Å². The smallest absolute Gasteiger partial charge is 0.237 e. The average Bonchev–Trinajstić information content (AvgIpc) is 3.09. The van der Waals surface area contributed by atoms with E-state index >= 15 is 0 Å². The summed E-state index contributed by atoms with van der Waals surface area (Å²) < 4.78 is 6.14. The third-order valence-corrected chi connectivity index (χ3v) is 5.17. The topological polar surface area (TPSA) is 88.5 Å². The van der Waals surface area contributed by atoms with Crippen molar-refractivity contribution in [3.8, 4) is 0 Å². The molecule has 1 aliphatic heterocycles. The maximum Gasteiger partial charge on any atom is 0.237 e. The highest BCUT2D eigenvalue weighted by Crippen LogP contribution is 2.19. The molecule has 1 saturated heterocycles. The van der Waals surface area contributed by atoms with Gasteiger partial charge in [-0.1, -0.05) is 12.1 Å². The second kappa shape index (κ2) is 8.12. The Morgan fingerprint density at radius 3 is 2.89 bits per heavy atom. The molecule has 0 bridgehead atoms. The van der Waals surface area contributed by atoms with E-state index in [0.717, 1.165) is 28.8 Å². The van der Waals surface area contributed by atoms with Crippen molar-refractivity contribution in [3.63, 3.8) is 0 Å². The summed E-state index contributed by atoms with van der Waals surface area (Å²) in [4.78, 5) is 24.8. The summed E-state index contributed by atoms with van der Waals surface area (Å²) in [6, 6.07) is 9.61. The number of nitrogens with two attached hydrogens (primary N) is 1. The largest absolute Gasteiger partial charge is 0.450 e. The maximum atomic E-state index is 12.6. The molecule has 0 spiro atoms. The van der Waals surface area contributed by atoms with Crippen molar-refractivity contribution >= 4 is 44.6 Å². The highest BCUT2D eigenvalue weighted by Gasteiger charge is 2.23. The van der Waals surface area contributed by atoms with Crippen molar-refractivity contribution in [3.05, 3.63) is 58.7 Å². The van der Waals surface area contributed by atoms with Crippen LogP contribution in [0, 0.1) is 0 Å². The molecular formula is C20H20BrN5O2. The molecule has 1 fully saturated rings. The number of rotatable bonds is 5. The van der Waals surface area contributed by atoms with Crippen LogP contribution in [0.2, 0.25) is 0 Å². The van der Waals surface area contributed by atoms with Crippen LogP contribution in [0.5, 0.6) is 0 Å². The zero-order valence-corrected chi connectivity index (χ0v) is 16.8. The number of amides is 1. The van der Waals surface area contributed by atoms with Crippen LogP contribution in [0.25, 0.3) is 17.0 Å². The summed E-state index contributed by atoms with van der Waals surface area (Å²) in [6.07, 6.45) is 5.40. The minimum Gasteiger partial charge on any atom is -0.450 e. The number of aromatic nitrogens is 2. The van der Waals surface area contributed by atoms with Crippen molar-refractivity contribution in [2.75, 3.05) is 31.9 Å². The SMILES string of the molecule is Nc1ncnc2cc(CN3CCN(CC=Cc4ccc(Br)o4)CC3=O)ccc12. The predicted molar refractivity (Wildman–Crippen MR) is 111 cm³/mol. The highest BCUT2D eigenvalue weighted by atomic mass is 79.9. The summed E-state index contributed by atoms with van der Waals surface area (Å²) in [5.74, 6) is 1.39. The summed E-state index contributed by atoms with van der Waals surface area (Å²) in [5.41, 5.74) is 7.71. The van der Waals surface area contributed by atoms with Crippen LogP contribution in [0.15, 0.2) is 51.8 Å². The van der Waals surface area contributed by atoms with Gasteiger partial charge < -0.3 is 15.1 Å². The van der Waals surface area contributed by atoms with Gasteiger partial charge in [0.05, 0.1) is 12.1 Å². The number of carbonyl (C=O) groups excluding carboxylic acids is 1. The Morgan fingerprint density at radius 1 is 1.21 bits per heavy atom. The first kappa shape index (κ1) is 18.6. The first-order valence-corrected chi connectivity index (χ1v) is 9.79. The zero-order chi connectivity index (χ0) is 19.5. The second-order valence-electron chi connectivity index (χ2n) is 6.71. The van der Waals surface area contributed by atoms with E-state index in [1.165, 1.54) is 6.33 Å². The Labute approximate surface area is 171 Å². The molecule has 0 aliphatic carbocycles. The van der Waals surface area contributed by atoms with E-state index in [1.54, 1.807) is 0 Å². The Morgan fingerprint density at radius 2 is 2.11 bits per heavy atom. The molecule has 8 heteroatoms. The number of halogens is 1. The Bertz CT molecular complexity index is 1030. The number of anilines is 1. The predicted octanol–water partition coefficient (Wildman–Crippen LogP) is 2.93. The standard InChI is InChI=1S/C20H20BrN5O2/c21-18-6-4-15(28-18)2-1-7-25-8-9-26(19(27)12-25)11-14-3-5-16-17(10-14)23-13-24-20(16)22/h1-6,10,13H,7-9,11-12H2,(H2,22,23,24). The molecule has 4 rings (SSSR count). The minimum absolute atomic E-state index is 0.127. The number of benzene rings is 1. The third-order valence-electron chi connectivity index (χ3n) is 4.74. The molecule has 0 saturated carbocycles. The summed E-state index contributed by atoms with van der Waals surface area (Å²) in [7, 11) is 0. The summed E-state index contributed by atoms with van der Waals surface area (Å²) >= 11 is 3.28. The first-order chi connectivity index (χ1) is 13.6. The van der Waals surface area contributed by atoms with Gasteiger partial charge in [0.1, 0.15) is 17.9 Å².